The molecular weight excluding hydrogens is 348 g/mol. The molecule has 1 saturated heterocycles. The zero-order valence-electron chi connectivity index (χ0n) is 17.0. The molecule has 150 valence electrons. The molecule has 28 heavy (non-hydrogen) atoms. The molecule has 1 fully saturated rings. The van der Waals surface area contributed by atoms with Crippen molar-refractivity contribution in [1.29, 1.82) is 0 Å². The molecule has 1 aromatic rings. The fourth-order valence-corrected chi connectivity index (χ4v) is 4.54. The van der Waals surface area contributed by atoms with Gasteiger partial charge in [-0.2, -0.15) is 0 Å². The molecule has 1 aromatic heterocycles. The van der Waals surface area contributed by atoms with E-state index >= 15 is 0 Å². The molecule has 1 unspecified atom stereocenters. The van der Waals surface area contributed by atoms with Crippen molar-refractivity contribution in [2.45, 2.75) is 38.8 Å². The fraction of sp³-hybridized carbons (Fsp3) is 0.522. The van der Waals surface area contributed by atoms with Crippen molar-refractivity contribution in [2.75, 3.05) is 33.0 Å². The Bertz CT molecular complexity index is 762. The number of dihydropyridines is 1. The molecule has 0 aromatic carbocycles. The SMILES string of the molecule is CCOCN1CCC(NC2c3cnccc3C=C(C3=CC=CNC3)[C@@H]2C)CC1. The Balaban J connectivity index is 1.50. The number of nitrogens with one attached hydrogen (secondary N) is 2. The van der Waals surface area contributed by atoms with Crippen molar-refractivity contribution >= 4 is 6.08 Å². The van der Waals surface area contributed by atoms with E-state index in [1.807, 2.05) is 12.4 Å². The van der Waals surface area contributed by atoms with Gasteiger partial charge < -0.3 is 15.4 Å². The zero-order chi connectivity index (χ0) is 19.3. The van der Waals surface area contributed by atoms with Crippen LogP contribution in [0.2, 0.25) is 0 Å². The van der Waals surface area contributed by atoms with E-state index in [0.29, 0.717) is 18.0 Å². The van der Waals surface area contributed by atoms with Crippen LogP contribution in [-0.4, -0.2) is 48.9 Å². The van der Waals surface area contributed by atoms with Crippen molar-refractivity contribution in [3.8, 4) is 0 Å². The van der Waals surface area contributed by atoms with Crippen LogP contribution in [0.15, 0.2) is 48.0 Å². The van der Waals surface area contributed by atoms with Crippen molar-refractivity contribution in [2.24, 2.45) is 5.92 Å². The average Bonchev–Trinajstić information content (AvgIpc) is 2.75. The van der Waals surface area contributed by atoms with Crippen LogP contribution in [0.25, 0.3) is 6.08 Å². The van der Waals surface area contributed by atoms with E-state index in [2.05, 4.69) is 64.9 Å². The highest BCUT2D eigenvalue weighted by Gasteiger charge is 2.32. The number of hydrogen-bond acceptors (Lipinski definition) is 5. The summed E-state index contributed by atoms with van der Waals surface area (Å²) in [4.78, 5) is 6.84. The number of rotatable bonds is 6. The maximum Gasteiger partial charge on any atom is 0.0990 e. The Labute approximate surface area is 168 Å². The lowest BCUT2D eigenvalue weighted by Crippen LogP contribution is -2.46. The summed E-state index contributed by atoms with van der Waals surface area (Å²) < 4.78 is 5.58. The van der Waals surface area contributed by atoms with Crippen LogP contribution in [0, 0.1) is 5.92 Å². The number of aromatic nitrogens is 1. The molecular formula is C23H32N4O. The van der Waals surface area contributed by atoms with Crippen LogP contribution in [0.4, 0.5) is 0 Å². The summed E-state index contributed by atoms with van der Waals surface area (Å²) in [6, 6.07) is 2.99. The summed E-state index contributed by atoms with van der Waals surface area (Å²) in [6.07, 6.45) is 15.0. The first-order valence-electron chi connectivity index (χ1n) is 10.6. The second kappa shape index (κ2) is 9.03. The van der Waals surface area contributed by atoms with Crippen LogP contribution >= 0.6 is 0 Å². The predicted octanol–water partition coefficient (Wildman–Crippen LogP) is 3.25. The molecule has 5 heteroatoms. The molecule has 3 heterocycles. The van der Waals surface area contributed by atoms with Gasteiger partial charge in [-0.3, -0.25) is 9.88 Å². The summed E-state index contributed by atoms with van der Waals surface area (Å²) >= 11 is 0. The van der Waals surface area contributed by atoms with Crippen molar-refractivity contribution in [3.63, 3.8) is 0 Å². The van der Waals surface area contributed by atoms with E-state index in [4.69, 9.17) is 4.74 Å². The third-order valence-electron chi connectivity index (χ3n) is 6.18. The fourth-order valence-electron chi connectivity index (χ4n) is 4.54. The molecule has 0 spiro atoms. The monoisotopic (exact) mass is 380 g/mol. The summed E-state index contributed by atoms with van der Waals surface area (Å²) in [7, 11) is 0. The van der Waals surface area contributed by atoms with E-state index in [1.54, 1.807) is 0 Å². The van der Waals surface area contributed by atoms with Crippen LogP contribution < -0.4 is 10.6 Å². The van der Waals surface area contributed by atoms with Crippen LogP contribution in [-0.2, 0) is 4.74 Å². The van der Waals surface area contributed by atoms with E-state index in [0.717, 1.165) is 45.8 Å². The second-order valence-electron chi connectivity index (χ2n) is 7.98. The highest BCUT2D eigenvalue weighted by Crippen LogP contribution is 2.40. The zero-order valence-corrected chi connectivity index (χ0v) is 17.0. The van der Waals surface area contributed by atoms with Crippen LogP contribution in [0.3, 0.4) is 0 Å². The van der Waals surface area contributed by atoms with Gasteiger partial charge in [-0.25, -0.2) is 0 Å². The number of piperidine rings is 1. The first-order chi connectivity index (χ1) is 13.8. The minimum absolute atomic E-state index is 0.305. The van der Waals surface area contributed by atoms with Gasteiger partial charge in [0.2, 0.25) is 0 Å². The van der Waals surface area contributed by atoms with Gasteiger partial charge in [0.15, 0.2) is 0 Å². The van der Waals surface area contributed by atoms with Gasteiger partial charge in [0.25, 0.3) is 0 Å². The van der Waals surface area contributed by atoms with Crippen molar-refractivity contribution < 1.29 is 4.74 Å². The number of pyridine rings is 1. The Morgan fingerprint density at radius 2 is 2.18 bits per heavy atom. The third-order valence-corrected chi connectivity index (χ3v) is 6.18. The van der Waals surface area contributed by atoms with Gasteiger partial charge in [-0.1, -0.05) is 19.1 Å². The molecule has 1 aliphatic carbocycles. The predicted molar refractivity (Wildman–Crippen MR) is 114 cm³/mol. The maximum absolute atomic E-state index is 5.58. The minimum atomic E-state index is 0.305. The largest absolute Gasteiger partial charge is 0.387 e. The maximum atomic E-state index is 5.58. The Morgan fingerprint density at radius 3 is 2.93 bits per heavy atom. The molecule has 0 bridgehead atoms. The molecule has 2 N–H and O–H groups in total. The normalized spacial score (nSPS) is 25.6. The van der Waals surface area contributed by atoms with Gasteiger partial charge in [-0.15, -0.1) is 0 Å². The van der Waals surface area contributed by atoms with Crippen LogP contribution in [0.5, 0.6) is 0 Å². The van der Waals surface area contributed by atoms with Gasteiger partial charge in [0.05, 0.1) is 6.73 Å². The van der Waals surface area contributed by atoms with E-state index in [-0.39, 0.29) is 0 Å². The Morgan fingerprint density at radius 1 is 1.32 bits per heavy atom. The molecule has 0 amide bonds. The van der Waals surface area contributed by atoms with E-state index in [1.165, 1.54) is 22.3 Å². The van der Waals surface area contributed by atoms with Crippen LogP contribution in [0.1, 0.15) is 43.9 Å². The lowest BCUT2D eigenvalue weighted by atomic mass is 9.77. The smallest absolute Gasteiger partial charge is 0.0990 e. The summed E-state index contributed by atoms with van der Waals surface area (Å²) in [5.41, 5.74) is 5.44. The Hall–Kier alpha value is -1.95. The molecule has 2 aliphatic heterocycles. The number of ether oxygens (including phenoxy) is 1. The Kier molecular flexibility index (Phi) is 6.25. The highest BCUT2D eigenvalue weighted by atomic mass is 16.5. The number of nitrogens with zero attached hydrogens (tertiary/aromatic N) is 2. The number of hydrogen-bond donors (Lipinski definition) is 2. The first-order valence-corrected chi connectivity index (χ1v) is 10.6. The minimum Gasteiger partial charge on any atom is -0.387 e. The summed E-state index contributed by atoms with van der Waals surface area (Å²) in [5, 5.41) is 7.35. The molecule has 3 aliphatic rings. The lowest BCUT2D eigenvalue weighted by molar-refractivity contribution is 0.0193. The quantitative estimate of drug-likeness (QED) is 0.793. The number of likely N-dealkylation sites (tertiary alicyclic amines) is 1. The summed E-state index contributed by atoms with van der Waals surface area (Å²) in [5.74, 6) is 0.415. The second-order valence-corrected chi connectivity index (χ2v) is 7.98. The van der Waals surface area contributed by atoms with Gasteiger partial charge in [0.1, 0.15) is 0 Å². The third kappa shape index (κ3) is 4.22. The molecule has 4 rings (SSSR count). The molecule has 0 saturated carbocycles. The van der Waals surface area contributed by atoms with E-state index in [9.17, 15) is 0 Å². The number of allylic oxidation sites excluding steroid dienone is 2. The van der Waals surface area contributed by atoms with Crippen molar-refractivity contribution in [1.82, 2.24) is 20.5 Å². The molecule has 0 radical (unpaired) electrons. The summed E-state index contributed by atoms with van der Waals surface area (Å²) in [6.45, 7) is 9.05. The van der Waals surface area contributed by atoms with Gasteiger partial charge >= 0.3 is 0 Å². The van der Waals surface area contributed by atoms with E-state index < -0.39 is 0 Å². The molecule has 5 nitrogen and oxygen atoms in total. The van der Waals surface area contributed by atoms with Gasteiger partial charge in [-0.05, 0) is 60.4 Å². The van der Waals surface area contributed by atoms with Gasteiger partial charge in [0, 0.05) is 56.6 Å². The topological polar surface area (TPSA) is 49.4 Å². The molecule has 2 atom stereocenters. The standard InChI is InChI=1S/C23H32N4O/c1-3-28-16-27-11-7-20(8-12-27)26-23-17(2)21(19-5-4-9-24-14-19)13-18-6-10-25-15-22(18)23/h4-6,9-10,13,15,17,20,23-24,26H,3,7-8,11-12,14,16H2,1-2H3/t17-,23?/m0/s1. The first kappa shape index (κ1) is 19.4. The average molecular weight is 381 g/mol. The number of fused-ring (bicyclic) bond motifs is 1. The highest BCUT2D eigenvalue weighted by molar-refractivity contribution is 5.66. The lowest BCUT2D eigenvalue weighted by Gasteiger charge is -2.39. The van der Waals surface area contributed by atoms with Crippen molar-refractivity contribution in [3.05, 3.63) is 59.1 Å².